The lowest BCUT2D eigenvalue weighted by Gasteiger charge is -2.35. The number of piperazine rings is 1. The van der Waals surface area contributed by atoms with Crippen molar-refractivity contribution in [1.29, 1.82) is 0 Å². The fraction of sp³-hybridized carbons (Fsp3) is 0.462. The van der Waals surface area contributed by atoms with Crippen molar-refractivity contribution in [2.24, 2.45) is 0 Å². The molecule has 1 aliphatic heterocycles. The second kappa shape index (κ2) is 5.56. The van der Waals surface area contributed by atoms with E-state index in [1.807, 2.05) is 6.92 Å². The number of hydroxylamine groups is 2. The summed E-state index contributed by atoms with van der Waals surface area (Å²) in [6, 6.07) is 4.42. The first-order chi connectivity index (χ1) is 9.00. The molecule has 6 nitrogen and oxygen atoms in total. The lowest BCUT2D eigenvalue weighted by atomic mass is 9.90. The van der Waals surface area contributed by atoms with E-state index in [1.54, 1.807) is 6.07 Å². The zero-order valence-corrected chi connectivity index (χ0v) is 10.7. The molecule has 104 valence electrons. The fourth-order valence-electron chi connectivity index (χ4n) is 2.38. The minimum absolute atomic E-state index is 0.0449. The molecular weight excluding hydrogens is 248 g/mol. The molecule has 4 N–H and O–H groups in total. The maximum atomic E-state index is 11.0. The molecule has 0 amide bonds. The summed E-state index contributed by atoms with van der Waals surface area (Å²) in [5.41, 5.74) is 0.667. The molecule has 1 fully saturated rings. The van der Waals surface area contributed by atoms with Gasteiger partial charge in [0.15, 0.2) is 0 Å². The van der Waals surface area contributed by atoms with Gasteiger partial charge >= 0.3 is 5.97 Å². The maximum Gasteiger partial charge on any atom is 0.339 e. The summed E-state index contributed by atoms with van der Waals surface area (Å²) in [4.78, 5) is 11.0. The first-order valence-electron chi connectivity index (χ1n) is 6.23. The van der Waals surface area contributed by atoms with Crippen LogP contribution in [0.2, 0.25) is 0 Å². The van der Waals surface area contributed by atoms with Crippen molar-refractivity contribution in [2.75, 3.05) is 19.6 Å². The molecule has 1 aliphatic rings. The van der Waals surface area contributed by atoms with Gasteiger partial charge in [0, 0.05) is 25.6 Å². The zero-order valence-electron chi connectivity index (χ0n) is 10.7. The molecule has 1 aromatic rings. The Bertz CT molecular complexity index is 478. The van der Waals surface area contributed by atoms with Crippen LogP contribution in [0.1, 0.15) is 28.8 Å². The van der Waals surface area contributed by atoms with E-state index in [2.05, 4.69) is 5.32 Å². The Morgan fingerprint density at radius 2 is 2.26 bits per heavy atom. The van der Waals surface area contributed by atoms with E-state index in [9.17, 15) is 15.1 Å². The van der Waals surface area contributed by atoms with Crippen LogP contribution in [0.3, 0.4) is 0 Å². The third kappa shape index (κ3) is 2.86. The number of nitrogens with zero attached hydrogens (tertiary/aromatic N) is 1. The fourth-order valence-corrected chi connectivity index (χ4v) is 2.38. The van der Waals surface area contributed by atoms with Crippen LogP contribution in [-0.4, -0.2) is 52.1 Å². The first kappa shape index (κ1) is 13.8. The molecule has 6 heteroatoms. The normalized spacial score (nSPS) is 22.1. The molecule has 1 heterocycles. The predicted molar refractivity (Wildman–Crippen MR) is 68.6 cm³/mol. The SMILES string of the molecule is CC(c1ccc(O)c(C(=O)O)c1)C1CNCCN1O. The van der Waals surface area contributed by atoms with Crippen molar-refractivity contribution < 1.29 is 20.2 Å². The molecule has 0 saturated carbocycles. The largest absolute Gasteiger partial charge is 0.507 e. The summed E-state index contributed by atoms with van der Waals surface area (Å²) in [7, 11) is 0. The van der Waals surface area contributed by atoms with E-state index in [0.29, 0.717) is 13.1 Å². The number of phenols is 1. The van der Waals surface area contributed by atoms with Crippen LogP contribution in [0.25, 0.3) is 0 Å². The highest BCUT2D eigenvalue weighted by molar-refractivity contribution is 5.90. The average molecular weight is 266 g/mol. The number of hydrogen-bond donors (Lipinski definition) is 4. The van der Waals surface area contributed by atoms with Crippen LogP contribution in [0, 0.1) is 0 Å². The number of carboxylic acids is 1. The van der Waals surface area contributed by atoms with Gasteiger partial charge in [-0.25, -0.2) is 4.79 Å². The molecular formula is C13H18N2O4. The van der Waals surface area contributed by atoms with Crippen molar-refractivity contribution in [2.45, 2.75) is 18.9 Å². The van der Waals surface area contributed by atoms with E-state index < -0.39 is 5.97 Å². The van der Waals surface area contributed by atoms with Gasteiger partial charge < -0.3 is 20.7 Å². The van der Waals surface area contributed by atoms with Crippen molar-refractivity contribution in [1.82, 2.24) is 10.4 Å². The van der Waals surface area contributed by atoms with Crippen LogP contribution in [0.4, 0.5) is 0 Å². The van der Waals surface area contributed by atoms with Crippen molar-refractivity contribution in [3.8, 4) is 5.75 Å². The van der Waals surface area contributed by atoms with Crippen LogP contribution >= 0.6 is 0 Å². The van der Waals surface area contributed by atoms with Crippen LogP contribution < -0.4 is 5.32 Å². The maximum absolute atomic E-state index is 11.0. The smallest absolute Gasteiger partial charge is 0.339 e. The van der Waals surface area contributed by atoms with E-state index in [0.717, 1.165) is 12.1 Å². The van der Waals surface area contributed by atoms with Gasteiger partial charge in [0.05, 0.1) is 6.04 Å². The van der Waals surface area contributed by atoms with Gasteiger partial charge in [-0.05, 0) is 17.7 Å². The Labute approximate surface area is 111 Å². The lowest BCUT2D eigenvalue weighted by molar-refractivity contribution is -0.141. The highest BCUT2D eigenvalue weighted by Gasteiger charge is 2.27. The van der Waals surface area contributed by atoms with Gasteiger partial charge in [0.25, 0.3) is 0 Å². The third-order valence-corrected chi connectivity index (χ3v) is 3.61. The van der Waals surface area contributed by atoms with E-state index >= 15 is 0 Å². The number of carboxylic acid groups (broad SMARTS) is 1. The standard InChI is InChI=1S/C13H18N2O4/c1-8(11-7-14-4-5-15(11)19)9-2-3-12(16)10(6-9)13(17)18/h2-3,6,8,11,14,16,19H,4-5,7H2,1H3,(H,17,18). The Kier molecular flexibility index (Phi) is 4.04. The summed E-state index contributed by atoms with van der Waals surface area (Å²) in [6.45, 7) is 3.84. The van der Waals surface area contributed by atoms with E-state index in [-0.39, 0.29) is 23.3 Å². The molecule has 0 bridgehead atoms. The molecule has 1 saturated heterocycles. The Hall–Kier alpha value is -1.63. The lowest BCUT2D eigenvalue weighted by Crippen LogP contribution is -2.51. The molecule has 0 spiro atoms. The van der Waals surface area contributed by atoms with E-state index in [1.165, 1.54) is 17.2 Å². The predicted octanol–water partition coefficient (Wildman–Crippen LogP) is 0.857. The second-order valence-electron chi connectivity index (χ2n) is 4.80. The third-order valence-electron chi connectivity index (χ3n) is 3.61. The second-order valence-corrected chi connectivity index (χ2v) is 4.80. The van der Waals surface area contributed by atoms with Crippen molar-refractivity contribution >= 4 is 5.97 Å². The van der Waals surface area contributed by atoms with Gasteiger partial charge in [0.1, 0.15) is 11.3 Å². The van der Waals surface area contributed by atoms with Crippen LogP contribution in [-0.2, 0) is 0 Å². The quantitative estimate of drug-likeness (QED) is 0.648. The summed E-state index contributed by atoms with van der Waals surface area (Å²) in [5, 5.41) is 32.8. The van der Waals surface area contributed by atoms with E-state index in [4.69, 9.17) is 5.11 Å². The highest BCUT2D eigenvalue weighted by atomic mass is 16.5. The molecule has 19 heavy (non-hydrogen) atoms. The first-order valence-corrected chi connectivity index (χ1v) is 6.23. The Morgan fingerprint density at radius 3 is 2.89 bits per heavy atom. The summed E-state index contributed by atoms with van der Waals surface area (Å²) in [6.07, 6.45) is 0. The van der Waals surface area contributed by atoms with Gasteiger partial charge in [-0.2, -0.15) is 5.06 Å². The van der Waals surface area contributed by atoms with Crippen molar-refractivity contribution in [3.63, 3.8) is 0 Å². The molecule has 0 aromatic heterocycles. The van der Waals surface area contributed by atoms with Gasteiger partial charge in [-0.1, -0.05) is 13.0 Å². The summed E-state index contributed by atoms with van der Waals surface area (Å²) >= 11 is 0. The minimum Gasteiger partial charge on any atom is -0.507 e. The number of nitrogens with one attached hydrogen (secondary N) is 1. The number of aromatic hydroxyl groups is 1. The average Bonchev–Trinajstić information content (AvgIpc) is 2.38. The molecule has 0 radical (unpaired) electrons. The van der Waals surface area contributed by atoms with Gasteiger partial charge in [-0.3, -0.25) is 0 Å². The Balaban J connectivity index is 2.25. The summed E-state index contributed by atoms with van der Waals surface area (Å²) in [5.74, 6) is -1.45. The minimum atomic E-state index is -1.16. The summed E-state index contributed by atoms with van der Waals surface area (Å²) < 4.78 is 0. The molecule has 1 aromatic carbocycles. The number of benzene rings is 1. The molecule has 0 aliphatic carbocycles. The monoisotopic (exact) mass is 266 g/mol. The zero-order chi connectivity index (χ0) is 14.0. The highest BCUT2D eigenvalue weighted by Crippen LogP contribution is 2.27. The number of hydrogen-bond acceptors (Lipinski definition) is 5. The molecule has 2 rings (SSSR count). The van der Waals surface area contributed by atoms with Crippen molar-refractivity contribution in [3.05, 3.63) is 29.3 Å². The number of carbonyl (C=O) groups is 1. The number of aromatic carboxylic acids is 1. The van der Waals surface area contributed by atoms with Gasteiger partial charge in [0.2, 0.25) is 0 Å². The Morgan fingerprint density at radius 1 is 1.53 bits per heavy atom. The molecule has 2 unspecified atom stereocenters. The van der Waals surface area contributed by atoms with Crippen LogP contribution in [0.15, 0.2) is 18.2 Å². The van der Waals surface area contributed by atoms with Crippen LogP contribution in [0.5, 0.6) is 5.75 Å². The number of rotatable bonds is 3. The topological polar surface area (TPSA) is 93.0 Å². The van der Waals surface area contributed by atoms with Gasteiger partial charge in [-0.15, -0.1) is 0 Å². The molecule has 2 atom stereocenters.